The molecule has 0 radical (unpaired) electrons. The number of likely N-dealkylation sites (tertiary alicyclic amines) is 2. The summed E-state index contributed by atoms with van der Waals surface area (Å²) in [6.45, 7) is 4.65. The minimum Gasteiger partial charge on any atom is -0.478 e. The van der Waals surface area contributed by atoms with Gasteiger partial charge in [-0.3, -0.25) is 4.79 Å². The number of hydrogen-bond acceptors (Lipinski definition) is 3. The Morgan fingerprint density at radius 3 is 2.83 bits per heavy atom. The van der Waals surface area contributed by atoms with Gasteiger partial charge in [-0.05, 0) is 49.4 Å². The summed E-state index contributed by atoms with van der Waals surface area (Å²) >= 11 is 0. The van der Waals surface area contributed by atoms with Crippen molar-refractivity contribution in [3.05, 3.63) is 35.4 Å². The quantitative estimate of drug-likeness (QED) is 0.904. The topological polar surface area (TPSA) is 60.9 Å². The average Bonchev–Trinajstić information content (AvgIpc) is 2.98. The Bertz CT molecular complexity index is 587. The molecule has 3 rings (SSSR count). The van der Waals surface area contributed by atoms with Crippen molar-refractivity contribution in [2.75, 3.05) is 32.7 Å². The van der Waals surface area contributed by atoms with Crippen molar-refractivity contribution >= 4 is 11.9 Å². The van der Waals surface area contributed by atoms with E-state index in [0.29, 0.717) is 17.9 Å². The van der Waals surface area contributed by atoms with Gasteiger partial charge in [-0.15, -0.1) is 0 Å². The van der Waals surface area contributed by atoms with Crippen LogP contribution in [0.3, 0.4) is 0 Å². The zero-order chi connectivity index (χ0) is 16.2. The molecule has 0 aliphatic carbocycles. The third-order valence-electron chi connectivity index (χ3n) is 4.97. The van der Waals surface area contributed by atoms with Crippen LogP contribution in [0.15, 0.2) is 24.3 Å². The standard InChI is InChI=1S/C18H24N2O3/c21-17-7-3-9-20(17)11-10-19-8-2-6-16(13-19)14-4-1-5-15(12-14)18(22)23/h1,4-5,12,16H,2-3,6-11,13H2,(H,22,23)/t16-/m0/s1. The predicted octanol–water partition coefficient (Wildman–Crippen LogP) is 2.19. The molecule has 2 heterocycles. The number of nitrogens with zero attached hydrogens (tertiary/aromatic N) is 2. The second-order valence-electron chi connectivity index (χ2n) is 6.55. The summed E-state index contributed by atoms with van der Waals surface area (Å²) < 4.78 is 0. The van der Waals surface area contributed by atoms with Gasteiger partial charge in [-0.25, -0.2) is 4.79 Å². The molecule has 0 bridgehead atoms. The summed E-state index contributed by atoms with van der Waals surface area (Å²) in [6.07, 6.45) is 3.91. The summed E-state index contributed by atoms with van der Waals surface area (Å²) in [7, 11) is 0. The molecule has 0 saturated carbocycles. The monoisotopic (exact) mass is 316 g/mol. The highest BCUT2D eigenvalue weighted by Crippen LogP contribution is 2.27. The Kier molecular flexibility index (Phi) is 4.96. The van der Waals surface area contributed by atoms with E-state index in [4.69, 9.17) is 5.11 Å². The molecule has 1 aromatic rings. The van der Waals surface area contributed by atoms with Crippen LogP contribution in [0.5, 0.6) is 0 Å². The Morgan fingerprint density at radius 2 is 2.09 bits per heavy atom. The lowest BCUT2D eigenvalue weighted by molar-refractivity contribution is -0.127. The first kappa shape index (κ1) is 16.0. The van der Waals surface area contributed by atoms with Crippen molar-refractivity contribution < 1.29 is 14.7 Å². The normalized spacial score (nSPS) is 22.5. The van der Waals surface area contributed by atoms with Crippen molar-refractivity contribution in [1.82, 2.24) is 9.80 Å². The molecule has 23 heavy (non-hydrogen) atoms. The zero-order valence-electron chi connectivity index (χ0n) is 13.4. The Balaban J connectivity index is 1.58. The molecule has 1 atom stereocenters. The summed E-state index contributed by atoms with van der Waals surface area (Å²) in [6, 6.07) is 7.32. The highest BCUT2D eigenvalue weighted by atomic mass is 16.4. The van der Waals surface area contributed by atoms with Gasteiger partial charge in [0.1, 0.15) is 0 Å². The van der Waals surface area contributed by atoms with Gasteiger partial charge in [0.25, 0.3) is 0 Å². The smallest absolute Gasteiger partial charge is 0.335 e. The molecule has 1 aromatic carbocycles. The maximum absolute atomic E-state index is 11.7. The SMILES string of the molecule is O=C(O)c1cccc([C@H]2CCCN(CCN3CCCC3=O)C2)c1. The van der Waals surface area contributed by atoms with E-state index >= 15 is 0 Å². The number of carboxylic acids is 1. The first-order valence-electron chi connectivity index (χ1n) is 8.47. The number of amides is 1. The van der Waals surface area contributed by atoms with Gasteiger partial charge in [-0.1, -0.05) is 12.1 Å². The number of benzene rings is 1. The number of hydrogen-bond donors (Lipinski definition) is 1. The molecule has 0 unspecified atom stereocenters. The van der Waals surface area contributed by atoms with E-state index in [1.54, 1.807) is 12.1 Å². The van der Waals surface area contributed by atoms with E-state index in [9.17, 15) is 9.59 Å². The third kappa shape index (κ3) is 3.91. The van der Waals surface area contributed by atoms with E-state index in [-0.39, 0.29) is 5.91 Å². The minimum absolute atomic E-state index is 0.285. The van der Waals surface area contributed by atoms with Crippen LogP contribution < -0.4 is 0 Å². The first-order chi connectivity index (χ1) is 11.1. The number of carbonyl (C=O) groups is 2. The molecule has 2 saturated heterocycles. The summed E-state index contributed by atoms with van der Waals surface area (Å²) in [5.41, 5.74) is 1.48. The molecule has 124 valence electrons. The Hall–Kier alpha value is -1.88. The highest BCUT2D eigenvalue weighted by molar-refractivity contribution is 5.87. The van der Waals surface area contributed by atoms with E-state index < -0.39 is 5.97 Å². The van der Waals surface area contributed by atoms with Crippen LogP contribution in [0.4, 0.5) is 0 Å². The van der Waals surface area contributed by atoms with Crippen molar-refractivity contribution in [2.24, 2.45) is 0 Å². The van der Waals surface area contributed by atoms with Crippen LogP contribution in [-0.4, -0.2) is 59.5 Å². The van der Waals surface area contributed by atoms with Gasteiger partial charge in [-0.2, -0.15) is 0 Å². The predicted molar refractivity (Wildman–Crippen MR) is 87.6 cm³/mol. The third-order valence-corrected chi connectivity index (χ3v) is 4.97. The lowest BCUT2D eigenvalue weighted by Gasteiger charge is -2.34. The molecule has 2 aliphatic heterocycles. The number of piperidine rings is 1. The van der Waals surface area contributed by atoms with Gasteiger partial charge >= 0.3 is 5.97 Å². The highest BCUT2D eigenvalue weighted by Gasteiger charge is 2.24. The Morgan fingerprint density at radius 1 is 1.22 bits per heavy atom. The molecule has 0 aromatic heterocycles. The van der Waals surface area contributed by atoms with Crippen molar-refractivity contribution in [2.45, 2.75) is 31.6 Å². The van der Waals surface area contributed by atoms with Gasteiger partial charge in [0.15, 0.2) is 0 Å². The summed E-state index contributed by atoms with van der Waals surface area (Å²) in [5, 5.41) is 9.14. The fourth-order valence-electron chi connectivity index (χ4n) is 3.66. The zero-order valence-corrected chi connectivity index (χ0v) is 13.4. The minimum atomic E-state index is -0.868. The molecular weight excluding hydrogens is 292 g/mol. The first-order valence-corrected chi connectivity index (χ1v) is 8.47. The van der Waals surface area contributed by atoms with Crippen LogP contribution in [0.1, 0.15) is 47.5 Å². The van der Waals surface area contributed by atoms with E-state index in [2.05, 4.69) is 4.90 Å². The number of carbonyl (C=O) groups excluding carboxylic acids is 1. The van der Waals surface area contributed by atoms with Gasteiger partial charge < -0.3 is 14.9 Å². The van der Waals surface area contributed by atoms with Crippen molar-refractivity contribution in [3.63, 3.8) is 0 Å². The van der Waals surface area contributed by atoms with E-state index in [0.717, 1.165) is 57.5 Å². The fourth-order valence-corrected chi connectivity index (χ4v) is 3.66. The van der Waals surface area contributed by atoms with Crippen LogP contribution >= 0.6 is 0 Å². The van der Waals surface area contributed by atoms with Gasteiger partial charge in [0.05, 0.1) is 5.56 Å². The van der Waals surface area contributed by atoms with Crippen LogP contribution in [0.2, 0.25) is 0 Å². The van der Waals surface area contributed by atoms with Crippen molar-refractivity contribution in [1.29, 1.82) is 0 Å². The Labute approximate surface area is 136 Å². The molecule has 0 spiro atoms. The van der Waals surface area contributed by atoms with Crippen LogP contribution in [0.25, 0.3) is 0 Å². The maximum atomic E-state index is 11.7. The summed E-state index contributed by atoms with van der Waals surface area (Å²) in [5.74, 6) is -0.197. The fraction of sp³-hybridized carbons (Fsp3) is 0.556. The second-order valence-corrected chi connectivity index (χ2v) is 6.55. The largest absolute Gasteiger partial charge is 0.478 e. The van der Waals surface area contributed by atoms with E-state index in [1.807, 2.05) is 17.0 Å². The number of rotatable bonds is 5. The number of carboxylic acid groups (broad SMARTS) is 1. The summed E-state index contributed by atoms with van der Waals surface area (Å²) in [4.78, 5) is 27.2. The van der Waals surface area contributed by atoms with Crippen LogP contribution in [-0.2, 0) is 4.79 Å². The molecule has 2 fully saturated rings. The molecule has 1 amide bonds. The molecular formula is C18H24N2O3. The molecule has 5 nitrogen and oxygen atoms in total. The lowest BCUT2D eigenvalue weighted by atomic mass is 9.89. The molecule has 5 heteroatoms. The van der Waals surface area contributed by atoms with E-state index in [1.165, 1.54) is 0 Å². The molecule has 2 aliphatic rings. The van der Waals surface area contributed by atoms with Gasteiger partial charge in [0, 0.05) is 32.6 Å². The number of aromatic carboxylic acids is 1. The van der Waals surface area contributed by atoms with Gasteiger partial charge in [0.2, 0.25) is 5.91 Å². The van der Waals surface area contributed by atoms with Crippen LogP contribution in [0, 0.1) is 0 Å². The second kappa shape index (κ2) is 7.13. The lowest BCUT2D eigenvalue weighted by Crippen LogP contribution is -2.40. The average molecular weight is 316 g/mol. The maximum Gasteiger partial charge on any atom is 0.335 e. The molecule has 1 N–H and O–H groups in total. The van der Waals surface area contributed by atoms with Crippen molar-refractivity contribution in [3.8, 4) is 0 Å².